The van der Waals surface area contributed by atoms with Gasteiger partial charge in [0.2, 0.25) is 0 Å². The Hall–Kier alpha value is -0.760. The van der Waals surface area contributed by atoms with Crippen molar-refractivity contribution in [1.82, 2.24) is 0 Å². The van der Waals surface area contributed by atoms with Gasteiger partial charge in [-0.1, -0.05) is 13.8 Å². The molecule has 0 radical (unpaired) electrons. The fourth-order valence-corrected chi connectivity index (χ4v) is 1.77. The number of rotatable bonds is 1. The molecule has 2 nitrogen and oxygen atoms in total. The van der Waals surface area contributed by atoms with Gasteiger partial charge in [0.15, 0.2) is 0 Å². The van der Waals surface area contributed by atoms with Crippen LogP contribution in [0.25, 0.3) is 0 Å². The highest BCUT2D eigenvalue weighted by Gasteiger charge is 2.56. The summed E-state index contributed by atoms with van der Waals surface area (Å²) in [6.45, 7) is 4.38. The van der Waals surface area contributed by atoms with Crippen LogP contribution in [0.1, 0.15) is 25.3 Å². The second-order valence-corrected chi connectivity index (χ2v) is 3.88. The van der Waals surface area contributed by atoms with Gasteiger partial charge in [0.25, 0.3) is 0 Å². The van der Waals surface area contributed by atoms with Gasteiger partial charge in [0.1, 0.15) is 0 Å². The number of hydrogen-bond donors (Lipinski definition) is 1. The molecule has 0 unspecified atom stereocenters. The Morgan fingerprint density at radius 2 is 2.18 bits per heavy atom. The molecule has 1 aliphatic carbocycles. The highest BCUT2D eigenvalue weighted by atomic mass is 16.3. The van der Waals surface area contributed by atoms with E-state index in [0.717, 1.165) is 0 Å². The van der Waals surface area contributed by atoms with Crippen LogP contribution in [0.5, 0.6) is 0 Å². The maximum atomic E-state index is 5.89. The molecule has 1 aliphatic rings. The van der Waals surface area contributed by atoms with Gasteiger partial charge >= 0.3 is 0 Å². The quantitative estimate of drug-likeness (QED) is 0.663. The van der Waals surface area contributed by atoms with Crippen molar-refractivity contribution in [2.75, 3.05) is 0 Å². The molecule has 1 fully saturated rings. The van der Waals surface area contributed by atoms with Crippen molar-refractivity contribution in [2.24, 2.45) is 11.1 Å². The summed E-state index contributed by atoms with van der Waals surface area (Å²) in [7, 11) is 0. The van der Waals surface area contributed by atoms with Crippen LogP contribution in [0, 0.1) is 5.41 Å². The maximum Gasteiger partial charge on any atom is 0.0938 e. The van der Waals surface area contributed by atoms with Crippen molar-refractivity contribution in [1.29, 1.82) is 0 Å². The van der Waals surface area contributed by atoms with E-state index in [9.17, 15) is 0 Å². The van der Waals surface area contributed by atoms with Crippen LogP contribution in [0.15, 0.2) is 23.0 Å². The van der Waals surface area contributed by atoms with E-state index in [1.165, 1.54) is 5.56 Å². The summed E-state index contributed by atoms with van der Waals surface area (Å²) < 4.78 is 5.00. The Morgan fingerprint density at radius 3 is 2.55 bits per heavy atom. The summed E-state index contributed by atoms with van der Waals surface area (Å²) in [6, 6.07) is 2.30. The lowest BCUT2D eigenvalue weighted by atomic mass is 10.1. The zero-order valence-corrected chi connectivity index (χ0v) is 6.87. The largest absolute Gasteiger partial charge is 0.472 e. The molecule has 2 rings (SSSR count). The molecular weight excluding hydrogens is 138 g/mol. The molecule has 1 aromatic rings. The third-order valence-electron chi connectivity index (χ3n) is 2.81. The Bertz CT molecular complexity index is 251. The summed E-state index contributed by atoms with van der Waals surface area (Å²) in [5.74, 6) is 0.501. The minimum Gasteiger partial charge on any atom is -0.472 e. The normalized spacial score (nSPS) is 33.7. The molecule has 0 aromatic carbocycles. The lowest BCUT2D eigenvalue weighted by Crippen LogP contribution is -2.06. The van der Waals surface area contributed by atoms with Gasteiger partial charge in [-0.3, -0.25) is 0 Å². The SMILES string of the molecule is CC1(C)[C@H](N)[C@H]1c1ccoc1. The van der Waals surface area contributed by atoms with Gasteiger partial charge in [-0.2, -0.15) is 0 Å². The van der Waals surface area contributed by atoms with E-state index in [1.54, 1.807) is 12.5 Å². The van der Waals surface area contributed by atoms with Crippen molar-refractivity contribution >= 4 is 0 Å². The molecule has 0 spiro atoms. The Balaban J connectivity index is 2.23. The van der Waals surface area contributed by atoms with Crippen LogP contribution < -0.4 is 5.73 Å². The fourth-order valence-electron chi connectivity index (χ4n) is 1.77. The minimum absolute atomic E-state index is 0.268. The molecule has 1 heterocycles. The highest BCUT2D eigenvalue weighted by molar-refractivity contribution is 5.30. The first kappa shape index (κ1) is 6.92. The van der Waals surface area contributed by atoms with E-state index in [2.05, 4.69) is 13.8 Å². The van der Waals surface area contributed by atoms with Gasteiger partial charge in [-0.25, -0.2) is 0 Å². The molecule has 0 saturated heterocycles. The monoisotopic (exact) mass is 151 g/mol. The first-order valence-electron chi connectivity index (χ1n) is 3.91. The third-order valence-corrected chi connectivity index (χ3v) is 2.81. The van der Waals surface area contributed by atoms with Crippen LogP contribution in [0.4, 0.5) is 0 Å². The average molecular weight is 151 g/mol. The second kappa shape index (κ2) is 1.89. The van der Waals surface area contributed by atoms with E-state index in [1.807, 2.05) is 6.07 Å². The second-order valence-electron chi connectivity index (χ2n) is 3.88. The van der Waals surface area contributed by atoms with E-state index in [-0.39, 0.29) is 5.41 Å². The minimum atomic E-state index is 0.268. The molecule has 1 saturated carbocycles. The maximum absolute atomic E-state index is 5.89. The smallest absolute Gasteiger partial charge is 0.0938 e. The molecule has 0 amide bonds. The molecule has 2 heteroatoms. The fraction of sp³-hybridized carbons (Fsp3) is 0.556. The van der Waals surface area contributed by atoms with Crippen molar-refractivity contribution in [3.63, 3.8) is 0 Å². The highest BCUT2D eigenvalue weighted by Crippen LogP contribution is 2.57. The number of furan rings is 1. The summed E-state index contributed by atoms with van der Waals surface area (Å²) >= 11 is 0. The van der Waals surface area contributed by atoms with E-state index >= 15 is 0 Å². The first-order valence-corrected chi connectivity index (χ1v) is 3.91. The molecule has 0 bridgehead atoms. The van der Waals surface area contributed by atoms with E-state index < -0.39 is 0 Å². The van der Waals surface area contributed by atoms with Crippen LogP contribution in [0.2, 0.25) is 0 Å². The molecule has 2 atom stereocenters. The predicted molar refractivity (Wildman–Crippen MR) is 43.2 cm³/mol. The third kappa shape index (κ3) is 0.824. The Morgan fingerprint density at radius 1 is 1.55 bits per heavy atom. The van der Waals surface area contributed by atoms with Crippen LogP contribution >= 0.6 is 0 Å². The van der Waals surface area contributed by atoms with Gasteiger partial charge in [0, 0.05) is 12.0 Å². The lowest BCUT2D eigenvalue weighted by Gasteiger charge is -1.97. The number of nitrogens with two attached hydrogens (primary N) is 1. The van der Waals surface area contributed by atoms with E-state index in [4.69, 9.17) is 10.2 Å². The summed E-state index contributed by atoms with van der Waals surface area (Å²) in [5, 5.41) is 0. The topological polar surface area (TPSA) is 39.2 Å². The average Bonchev–Trinajstić information content (AvgIpc) is 2.40. The lowest BCUT2D eigenvalue weighted by molar-refractivity contribution is 0.558. The van der Waals surface area contributed by atoms with Crippen LogP contribution in [-0.2, 0) is 0 Å². The molecule has 1 aromatic heterocycles. The van der Waals surface area contributed by atoms with Crippen molar-refractivity contribution in [2.45, 2.75) is 25.8 Å². The summed E-state index contributed by atoms with van der Waals surface area (Å²) in [6.07, 6.45) is 3.50. The molecular formula is C9H13NO. The summed E-state index contributed by atoms with van der Waals surface area (Å²) in [5.41, 5.74) is 7.40. The van der Waals surface area contributed by atoms with Crippen LogP contribution in [-0.4, -0.2) is 6.04 Å². The van der Waals surface area contributed by atoms with Gasteiger partial charge < -0.3 is 10.2 Å². The van der Waals surface area contributed by atoms with Crippen molar-refractivity contribution in [3.05, 3.63) is 24.2 Å². The predicted octanol–water partition coefficient (Wildman–Crippen LogP) is 1.73. The number of hydrogen-bond acceptors (Lipinski definition) is 2. The summed E-state index contributed by atoms with van der Waals surface area (Å²) in [4.78, 5) is 0. The molecule has 2 N–H and O–H groups in total. The first-order chi connectivity index (χ1) is 5.14. The van der Waals surface area contributed by atoms with Gasteiger partial charge in [0.05, 0.1) is 12.5 Å². The van der Waals surface area contributed by atoms with Gasteiger partial charge in [-0.15, -0.1) is 0 Å². The van der Waals surface area contributed by atoms with E-state index in [0.29, 0.717) is 12.0 Å². The van der Waals surface area contributed by atoms with Crippen LogP contribution in [0.3, 0.4) is 0 Å². The molecule has 60 valence electrons. The van der Waals surface area contributed by atoms with Crippen molar-refractivity contribution < 1.29 is 4.42 Å². The molecule has 0 aliphatic heterocycles. The Labute approximate surface area is 66.4 Å². The van der Waals surface area contributed by atoms with Crippen molar-refractivity contribution in [3.8, 4) is 0 Å². The zero-order valence-electron chi connectivity index (χ0n) is 6.87. The molecule has 11 heavy (non-hydrogen) atoms. The van der Waals surface area contributed by atoms with Gasteiger partial charge in [-0.05, 0) is 17.0 Å². The Kier molecular flexibility index (Phi) is 1.19. The standard InChI is InChI=1S/C9H13NO/c1-9(2)7(8(9)10)6-3-4-11-5-6/h3-5,7-8H,10H2,1-2H3/t7-,8-/m1/s1. The zero-order chi connectivity index (χ0) is 8.06.